The second-order valence-corrected chi connectivity index (χ2v) is 7.80. The first kappa shape index (κ1) is 21.7. The highest BCUT2D eigenvalue weighted by Gasteiger charge is 2.23. The number of carbonyl (C=O) groups excluding carboxylic acids is 2. The van der Waals surface area contributed by atoms with Crippen LogP contribution in [0.2, 0.25) is 5.02 Å². The Morgan fingerprint density at radius 3 is 2.39 bits per heavy atom. The zero-order chi connectivity index (χ0) is 20.7. The summed E-state index contributed by atoms with van der Waals surface area (Å²) >= 11 is 5.73. The molecule has 1 atom stereocenters. The van der Waals surface area contributed by atoms with Crippen molar-refractivity contribution >= 4 is 39.2 Å². The van der Waals surface area contributed by atoms with Gasteiger partial charge in [0.25, 0.3) is 5.91 Å². The summed E-state index contributed by atoms with van der Waals surface area (Å²) in [5.41, 5.74) is 0.419. The number of anilines is 1. The van der Waals surface area contributed by atoms with Gasteiger partial charge in [-0.1, -0.05) is 23.7 Å². The molecule has 28 heavy (non-hydrogen) atoms. The zero-order valence-electron chi connectivity index (χ0n) is 15.1. The quantitative estimate of drug-likeness (QED) is 0.626. The maximum absolute atomic E-state index is 12.3. The average Bonchev–Trinajstić information content (AvgIpc) is 2.66. The van der Waals surface area contributed by atoms with Crippen LogP contribution in [0.3, 0.4) is 0 Å². The van der Waals surface area contributed by atoms with Crippen LogP contribution in [0.25, 0.3) is 0 Å². The fraction of sp³-hybridized carbons (Fsp3) is 0.222. The van der Waals surface area contributed by atoms with Gasteiger partial charge in [0.2, 0.25) is 10.0 Å². The Balaban J connectivity index is 1.89. The van der Waals surface area contributed by atoms with E-state index >= 15 is 0 Å². The van der Waals surface area contributed by atoms with E-state index in [2.05, 4.69) is 10.0 Å². The van der Waals surface area contributed by atoms with Crippen molar-refractivity contribution in [3.05, 3.63) is 53.6 Å². The number of benzene rings is 2. The molecular weight excluding hydrogens is 408 g/mol. The fourth-order valence-electron chi connectivity index (χ4n) is 2.16. The molecule has 0 spiro atoms. The predicted octanol–water partition coefficient (Wildman–Crippen LogP) is 2.20. The number of amides is 1. The van der Waals surface area contributed by atoms with E-state index in [1.54, 1.807) is 24.3 Å². The van der Waals surface area contributed by atoms with Gasteiger partial charge in [-0.05, 0) is 43.3 Å². The Bertz CT molecular complexity index is 947. The van der Waals surface area contributed by atoms with E-state index in [0.717, 1.165) is 0 Å². The lowest BCUT2D eigenvalue weighted by molar-refractivity contribution is -0.148. The molecule has 2 rings (SSSR count). The van der Waals surface area contributed by atoms with E-state index in [9.17, 15) is 18.0 Å². The van der Waals surface area contributed by atoms with Gasteiger partial charge in [-0.15, -0.1) is 0 Å². The molecule has 1 amide bonds. The van der Waals surface area contributed by atoms with Crippen molar-refractivity contribution in [2.75, 3.05) is 19.0 Å². The van der Waals surface area contributed by atoms with Crippen LogP contribution in [0.5, 0.6) is 5.75 Å². The number of carbonyl (C=O) groups is 2. The average molecular weight is 427 g/mol. The molecule has 0 saturated carbocycles. The topological polar surface area (TPSA) is 111 Å². The van der Waals surface area contributed by atoms with Crippen LogP contribution >= 0.6 is 11.6 Å². The van der Waals surface area contributed by atoms with Gasteiger partial charge >= 0.3 is 5.97 Å². The van der Waals surface area contributed by atoms with Crippen LogP contribution in [0.4, 0.5) is 5.69 Å². The summed E-state index contributed by atoms with van der Waals surface area (Å²) in [6, 6.07) is 11.0. The van der Waals surface area contributed by atoms with E-state index in [1.807, 2.05) is 0 Å². The van der Waals surface area contributed by atoms with Crippen LogP contribution in [-0.2, 0) is 24.3 Å². The minimum Gasteiger partial charge on any atom is -0.495 e. The Kier molecular flexibility index (Phi) is 7.38. The van der Waals surface area contributed by atoms with Crippen molar-refractivity contribution in [2.24, 2.45) is 0 Å². The van der Waals surface area contributed by atoms with Crippen molar-refractivity contribution in [1.29, 1.82) is 0 Å². The maximum atomic E-state index is 12.3. The lowest BCUT2D eigenvalue weighted by Gasteiger charge is -2.14. The first-order chi connectivity index (χ1) is 13.2. The number of rotatable bonds is 8. The Morgan fingerprint density at radius 2 is 1.75 bits per heavy atom. The molecule has 2 aromatic rings. The van der Waals surface area contributed by atoms with Crippen LogP contribution in [0, 0.1) is 0 Å². The number of hydrogen-bond donors (Lipinski definition) is 2. The number of para-hydroxylation sites is 2. The molecule has 0 aliphatic carbocycles. The third-order valence-electron chi connectivity index (χ3n) is 3.54. The molecule has 0 radical (unpaired) electrons. The SMILES string of the molecule is COc1ccccc1NC(=O)COC(=O)C(C)NS(=O)(=O)c1ccc(Cl)cc1. The molecule has 8 nitrogen and oxygen atoms in total. The zero-order valence-corrected chi connectivity index (χ0v) is 16.7. The van der Waals surface area contributed by atoms with Crippen molar-refractivity contribution in [1.82, 2.24) is 4.72 Å². The molecule has 0 aliphatic heterocycles. The van der Waals surface area contributed by atoms with Crippen molar-refractivity contribution < 1.29 is 27.5 Å². The van der Waals surface area contributed by atoms with Gasteiger partial charge in [0.1, 0.15) is 11.8 Å². The molecule has 1 unspecified atom stereocenters. The molecule has 0 fully saturated rings. The van der Waals surface area contributed by atoms with Crippen molar-refractivity contribution in [3.8, 4) is 5.75 Å². The molecule has 0 heterocycles. The van der Waals surface area contributed by atoms with E-state index in [-0.39, 0.29) is 4.90 Å². The Hall–Kier alpha value is -2.62. The summed E-state index contributed by atoms with van der Waals surface area (Å²) in [4.78, 5) is 23.9. The highest BCUT2D eigenvalue weighted by Crippen LogP contribution is 2.22. The summed E-state index contributed by atoms with van der Waals surface area (Å²) in [7, 11) is -2.49. The highest BCUT2D eigenvalue weighted by atomic mass is 35.5. The summed E-state index contributed by atoms with van der Waals surface area (Å²) in [6.45, 7) is 0.734. The predicted molar refractivity (Wildman–Crippen MR) is 104 cm³/mol. The molecule has 150 valence electrons. The van der Waals surface area contributed by atoms with Gasteiger partial charge in [0.15, 0.2) is 6.61 Å². The lowest BCUT2D eigenvalue weighted by atomic mass is 10.3. The number of esters is 1. The summed E-state index contributed by atoms with van der Waals surface area (Å²) in [6.07, 6.45) is 0. The number of sulfonamides is 1. The molecule has 10 heteroatoms. The molecule has 0 bridgehead atoms. The monoisotopic (exact) mass is 426 g/mol. The molecule has 0 saturated heterocycles. The summed E-state index contributed by atoms with van der Waals surface area (Å²) < 4.78 is 36.7. The molecule has 0 aliphatic rings. The third-order valence-corrected chi connectivity index (χ3v) is 5.34. The molecule has 0 aromatic heterocycles. The van der Waals surface area contributed by atoms with Gasteiger partial charge in [0.05, 0.1) is 17.7 Å². The van der Waals surface area contributed by atoms with E-state index < -0.39 is 34.5 Å². The van der Waals surface area contributed by atoms with Crippen LogP contribution in [0.15, 0.2) is 53.4 Å². The first-order valence-electron chi connectivity index (χ1n) is 8.10. The van der Waals surface area contributed by atoms with Gasteiger partial charge < -0.3 is 14.8 Å². The van der Waals surface area contributed by atoms with Gasteiger partial charge in [-0.25, -0.2) is 8.42 Å². The van der Waals surface area contributed by atoms with Gasteiger partial charge in [-0.3, -0.25) is 9.59 Å². The smallest absolute Gasteiger partial charge is 0.324 e. The van der Waals surface area contributed by atoms with Gasteiger partial charge in [0, 0.05) is 5.02 Å². The largest absolute Gasteiger partial charge is 0.495 e. The van der Waals surface area contributed by atoms with Gasteiger partial charge in [-0.2, -0.15) is 4.72 Å². The minimum absolute atomic E-state index is 0.0505. The summed E-state index contributed by atoms with van der Waals surface area (Å²) in [5, 5.41) is 2.92. The Morgan fingerprint density at radius 1 is 1.11 bits per heavy atom. The second kappa shape index (κ2) is 9.54. The van der Waals surface area contributed by atoms with E-state index in [0.29, 0.717) is 16.5 Å². The summed E-state index contributed by atoms with van der Waals surface area (Å²) in [5.74, 6) is -1.04. The molecular formula is C18H19ClN2O6S. The fourth-order valence-corrected chi connectivity index (χ4v) is 3.48. The van der Waals surface area contributed by atoms with Crippen molar-refractivity contribution in [2.45, 2.75) is 17.9 Å². The van der Waals surface area contributed by atoms with Crippen LogP contribution in [0.1, 0.15) is 6.92 Å². The number of hydrogen-bond acceptors (Lipinski definition) is 6. The molecule has 2 N–H and O–H groups in total. The van der Waals surface area contributed by atoms with Crippen LogP contribution < -0.4 is 14.8 Å². The highest BCUT2D eigenvalue weighted by molar-refractivity contribution is 7.89. The first-order valence-corrected chi connectivity index (χ1v) is 9.96. The second-order valence-electron chi connectivity index (χ2n) is 5.65. The maximum Gasteiger partial charge on any atom is 0.324 e. The molecule has 2 aromatic carbocycles. The normalized spacial score (nSPS) is 12.1. The lowest BCUT2D eigenvalue weighted by Crippen LogP contribution is -2.40. The van der Waals surface area contributed by atoms with Crippen LogP contribution in [-0.4, -0.2) is 40.1 Å². The van der Waals surface area contributed by atoms with Crippen molar-refractivity contribution in [3.63, 3.8) is 0 Å². The number of halogens is 1. The minimum atomic E-state index is -3.94. The third kappa shape index (κ3) is 5.95. The van der Waals surface area contributed by atoms with E-state index in [1.165, 1.54) is 38.3 Å². The van der Waals surface area contributed by atoms with E-state index in [4.69, 9.17) is 21.1 Å². The number of ether oxygens (including phenoxy) is 2. The number of methoxy groups -OCH3 is 1. The number of nitrogens with one attached hydrogen (secondary N) is 2. The standard InChI is InChI=1S/C18H19ClN2O6S/c1-12(21-28(24,25)14-9-7-13(19)8-10-14)18(23)27-11-17(22)20-15-5-3-4-6-16(15)26-2/h3-10,12,21H,11H2,1-2H3,(H,20,22). The Labute approximate surface area is 167 Å².